The molecule has 0 saturated heterocycles. The van der Waals surface area contributed by atoms with Gasteiger partial charge in [0.1, 0.15) is 0 Å². The lowest BCUT2D eigenvalue weighted by molar-refractivity contribution is 0.387. The molecule has 2 N–H and O–H groups in total. The van der Waals surface area contributed by atoms with Crippen LogP contribution < -0.4 is 15.4 Å². The molecule has 0 amide bonds. The minimum absolute atomic E-state index is 0.279. The van der Waals surface area contributed by atoms with E-state index in [0.717, 1.165) is 24.5 Å². The lowest BCUT2D eigenvalue weighted by Crippen LogP contribution is -2.23. The molecule has 0 radical (unpaired) electrons. The lowest BCUT2D eigenvalue weighted by atomic mass is 9.96. The first-order valence-electron chi connectivity index (χ1n) is 5.97. The second-order valence-corrected chi connectivity index (χ2v) is 4.80. The van der Waals surface area contributed by atoms with Crippen LogP contribution in [0.25, 0.3) is 0 Å². The number of halogens is 1. The molecule has 0 aromatic heterocycles. The Morgan fingerprint density at radius 2 is 1.82 bits per heavy atom. The molecule has 0 spiro atoms. The number of hydrogen-bond acceptors (Lipinski definition) is 3. The molecular weight excluding hydrogens is 219 g/mol. The van der Waals surface area contributed by atoms with E-state index in [9.17, 15) is 4.39 Å². The first-order chi connectivity index (χ1) is 8.11. The molecule has 2 rings (SSSR count). The Labute approximate surface area is 101 Å². The van der Waals surface area contributed by atoms with Crippen molar-refractivity contribution in [2.45, 2.75) is 13.8 Å². The van der Waals surface area contributed by atoms with E-state index >= 15 is 0 Å². The van der Waals surface area contributed by atoms with Gasteiger partial charge in [0.25, 0.3) is 0 Å². The van der Waals surface area contributed by atoms with Crippen LogP contribution in [-0.2, 0) is 0 Å². The van der Waals surface area contributed by atoms with Crippen molar-refractivity contribution >= 4 is 11.4 Å². The van der Waals surface area contributed by atoms with Crippen LogP contribution in [0.1, 0.15) is 13.8 Å². The predicted molar refractivity (Wildman–Crippen MR) is 68.3 cm³/mol. The standard InChI is InChI=1S/C13H19FN2O/c1-8(2)9-6-15-11-4-10(14)13(17-3)5-12(11)16-7-9/h4-5,8-9,15-16H,6-7H2,1-3H3. The summed E-state index contributed by atoms with van der Waals surface area (Å²) < 4.78 is 18.6. The molecule has 1 aromatic rings. The Morgan fingerprint density at radius 3 is 2.35 bits per heavy atom. The van der Waals surface area contributed by atoms with Gasteiger partial charge >= 0.3 is 0 Å². The summed E-state index contributed by atoms with van der Waals surface area (Å²) in [6.45, 7) is 6.16. The van der Waals surface area contributed by atoms with Crippen molar-refractivity contribution in [3.8, 4) is 5.75 Å². The zero-order chi connectivity index (χ0) is 12.4. The molecule has 1 heterocycles. The van der Waals surface area contributed by atoms with Gasteiger partial charge in [0.15, 0.2) is 11.6 Å². The average Bonchev–Trinajstić information content (AvgIpc) is 2.50. The Hall–Kier alpha value is -1.45. The van der Waals surface area contributed by atoms with Gasteiger partial charge in [0.05, 0.1) is 18.5 Å². The van der Waals surface area contributed by atoms with Crippen LogP contribution in [-0.4, -0.2) is 20.2 Å². The van der Waals surface area contributed by atoms with Crippen molar-refractivity contribution in [1.82, 2.24) is 0 Å². The van der Waals surface area contributed by atoms with Crippen LogP contribution in [0.15, 0.2) is 12.1 Å². The van der Waals surface area contributed by atoms with Gasteiger partial charge in [-0.15, -0.1) is 0 Å². The fraction of sp³-hybridized carbons (Fsp3) is 0.538. The van der Waals surface area contributed by atoms with Crippen molar-refractivity contribution in [2.75, 3.05) is 30.8 Å². The van der Waals surface area contributed by atoms with Crippen LogP contribution in [0, 0.1) is 17.7 Å². The lowest BCUT2D eigenvalue weighted by Gasteiger charge is -2.18. The van der Waals surface area contributed by atoms with Crippen LogP contribution in [0.2, 0.25) is 0 Å². The van der Waals surface area contributed by atoms with Gasteiger partial charge in [0.2, 0.25) is 0 Å². The maximum atomic E-state index is 13.6. The molecule has 1 aliphatic heterocycles. The highest BCUT2D eigenvalue weighted by atomic mass is 19.1. The predicted octanol–water partition coefficient (Wildman–Crippen LogP) is 2.94. The van der Waals surface area contributed by atoms with Crippen molar-refractivity contribution in [3.63, 3.8) is 0 Å². The highest BCUT2D eigenvalue weighted by Crippen LogP contribution is 2.32. The quantitative estimate of drug-likeness (QED) is 0.831. The van der Waals surface area contributed by atoms with Crippen molar-refractivity contribution in [1.29, 1.82) is 0 Å². The van der Waals surface area contributed by atoms with Gasteiger partial charge in [-0.1, -0.05) is 13.8 Å². The van der Waals surface area contributed by atoms with Gasteiger partial charge in [-0.3, -0.25) is 0 Å². The number of ether oxygens (including phenoxy) is 1. The highest BCUT2D eigenvalue weighted by Gasteiger charge is 2.19. The van der Waals surface area contributed by atoms with Gasteiger partial charge in [-0.05, 0) is 11.8 Å². The van der Waals surface area contributed by atoms with E-state index in [4.69, 9.17) is 4.74 Å². The average molecular weight is 238 g/mol. The largest absolute Gasteiger partial charge is 0.494 e. The molecule has 4 heteroatoms. The smallest absolute Gasteiger partial charge is 0.167 e. The van der Waals surface area contributed by atoms with Crippen molar-refractivity contribution in [3.05, 3.63) is 17.9 Å². The number of methoxy groups -OCH3 is 1. The monoisotopic (exact) mass is 238 g/mol. The van der Waals surface area contributed by atoms with Crippen molar-refractivity contribution < 1.29 is 9.13 Å². The Bertz CT molecular complexity index is 407. The normalized spacial score (nSPS) is 19.0. The fourth-order valence-electron chi connectivity index (χ4n) is 2.03. The SMILES string of the molecule is COc1cc2c(cc1F)NCC(C(C)C)CN2. The summed E-state index contributed by atoms with van der Waals surface area (Å²) in [5.41, 5.74) is 1.72. The topological polar surface area (TPSA) is 33.3 Å². The summed E-state index contributed by atoms with van der Waals surface area (Å²) in [6.07, 6.45) is 0. The van der Waals surface area contributed by atoms with Crippen LogP contribution in [0.5, 0.6) is 5.75 Å². The fourth-order valence-corrected chi connectivity index (χ4v) is 2.03. The van der Waals surface area contributed by atoms with Crippen molar-refractivity contribution in [2.24, 2.45) is 11.8 Å². The molecule has 0 bridgehead atoms. The molecule has 1 aliphatic rings. The molecule has 94 valence electrons. The van der Waals surface area contributed by atoms with Crippen LogP contribution in [0.3, 0.4) is 0 Å². The molecule has 1 atom stereocenters. The summed E-state index contributed by atoms with van der Waals surface area (Å²) in [4.78, 5) is 0. The molecule has 1 aromatic carbocycles. The van der Waals surface area contributed by atoms with E-state index in [-0.39, 0.29) is 11.6 Å². The summed E-state index contributed by atoms with van der Waals surface area (Å²) in [5, 5.41) is 6.64. The molecule has 0 fully saturated rings. The van der Waals surface area contributed by atoms with Crippen LogP contribution >= 0.6 is 0 Å². The highest BCUT2D eigenvalue weighted by molar-refractivity contribution is 5.71. The molecular formula is C13H19FN2O. The summed E-state index contributed by atoms with van der Waals surface area (Å²) >= 11 is 0. The van der Waals surface area contributed by atoms with E-state index in [2.05, 4.69) is 24.5 Å². The second-order valence-electron chi connectivity index (χ2n) is 4.80. The second kappa shape index (κ2) is 4.82. The third-order valence-electron chi connectivity index (χ3n) is 3.34. The summed E-state index contributed by atoms with van der Waals surface area (Å²) in [7, 11) is 1.48. The Morgan fingerprint density at radius 1 is 1.24 bits per heavy atom. The molecule has 17 heavy (non-hydrogen) atoms. The number of nitrogens with one attached hydrogen (secondary N) is 2. The maximum Gasteiger partial charge on any atom is 0.167 e. The van der Waals surface area contributed by atoms with E-state index in [1.54, 1.807) is 6.07 Å². The first-order valence-corrected chi connectivity index (χ1v) is 5.97. The first kappa shape index (κ1) is 12.0. The zero-order valence-electron chi connectivity index (χ0n) is 10.5. The van der Waals surface area contributed by atoms with Gasteiger partial charge < -0.3 is 15.4 Å². The molecule has 0 saturated carbocycles. The maximum absolute atomic E-state index is 13.6. The van der Waals surface area contributed by atoms with E-state index in [0.29, 0.717) is 11.8 Å². The summed E-state index contributed by atoms with van der Waals surface area (Å²) in [6, 6.07) is 3.20. The zero-order valence-corrected chi connectivity index (χ0v) is 10.5. The Kier molecular flexibility index (Phi) is 3.41. The van der Waals surface area contributed by atoms with Crippen LogP contribution in [0.4, 0.5) is 15.8 Å². The molecule has 1 unspecified atom stereocenters. The summed E-state index contributed by atoms with van der Waals surface area (Å²) in [5.74, 6) is 1.08. The number of rotatable bonds is 2. The minimum Gasteiger partial charge on any atom is -0.494 e. The molecule has 3 nitrogen and oxygen atoms in total. The van der Waals surface area contributed by atoms with Gasteiger partial charge in [-0.2, -0.15) is 0 Å². The van der Waals surface area contributed by atoms with E-state index in [1.165, 1.54) is 13.2 Å². The molecule has 0 aliphatic carbocycles. The third-order valence-corrected chi connectivity index (χ3v) is 3.34. The van der Waals surface area contributed by atoms with Gasteiger partial charge in [0, 0.05) is 25.2 Å². The number of fused-ring (bicyclic) bond motifs is 1. The third kappa shape index (κ3) is 2.46. The Balaban J connectivity index is 2.25. The van der Waals surface area contributed by atoms with E-state index in [1.807, 2.05) is 0 Å². The van der Waals surface area contributed by atoms with E-state index < -0.39 is 0 Å². The number of hydrogen-bond donors (Lipinski definition) is 2. The van der Waals surface area contributed by atoms with Gasteiger partial charge in [-0.25, -0.2) is 4.39 Å². The number of anilines is 2. The number of benzene rings is 1. The minimum atomic E-state index is -0.330.